The number of aromatic nitrogens is 1. The molecule has 34 heavy (non-hydrogen) atoms. The van der Waals surface area contributed by atoms with Gasteiger partial charge in [-0.15, -0.1) is 11.3 Å². The first-order chi connectivity index (χ1) is 17.1. The molecule has 1 fully saturated rings. The number of allylic oxidation sites excluding steroid dienone is 1. The van der Waals surface area contributed by atoms with E-state index in [-0.39, 0.29) is 11.8 Å². The number of carbonyl (C=O) groups excluding carboxylic acids is 1. The first kappa shape index (κ1) is 21.3. The molecule has 1 amide bonds. The zero-order valence-electron chi connectivity index (χ0n) is 20.5. The minimum Gasteiger partial charge on any atom is -0.308 e. The van der Waals surface area contributed by atoms with Gasteiger partial charge in [0.2, 0.25) is 5.91 Å². The van der Waals surface area contributed by atoms with Gasteiger partial charge in [0.25, 0.3) is 0 Å². The number of hydrogen-bond donors (Lipinski definition) is 0. The molecule has 1 aliphatic rings. The van der Waals surface area contributed by atoms with Crippen LogP contribution in [0.15, 0.2) is 78.3 Å². The molecule has 3 nitrogen and oxygen atoms in total. The van der Waals surface area contributed by atoms with Gasteiger partial charge < -0.3 is 4.90 Å². The van der Waals surface area contributed by atoms with Gasteiger partial charge in [-0.25, -0.2) is 4.98 Å². The highest BCUT2D eigenvalue weighted by Crippen LogP contribution is 2.30. The molecule has 0 N–H and O–H groups in total. The second-order valence-electron chi connectivity index (χ2n) is 8.92. The predicted molar refractivity (Wildman–Crippen MR) is 144 cm³/mol. The molecule has 0 bridgehead atoms. The molecule has 1 aromatic heterocycles. The maximum atomic E-state index is 13.8. The van der Waals surface area contributed by atoms with Crippen molar-refractivity contribution in [1.29, 1.82) is 0 Å². The fraction of sp³-hybridized carbons (Fsp3) is 0.267. The summed E-state index contributed by atoms with van der Waals surface area (Å²) in [6.45, 7) is 1.18. The summed E-state index contributed by atoms with van der Waals surface area (Å²) in [4.78, 5) is 19.8. The van der Waals surface area contributed by atoms with Crippen LogP contribution in [0.1, 0.15) is 51.5 Å². The van der Waals surface area contributed by atoms with Crippen LogP contribution in [0.4, 0.5) is 5.69 Å². The largest absolute Gasteiger partial charge is 0.308 e. The lowest BCUT2D eigenvalue weighted by Gasteiger charge is -2.30. The normalized spacial score (nSPS) is 16.0. The molecule has 1 atom stereocenters. The van der Waals surface area contributed by atoms with Crippen molar-refractivity contribution in [3.8, 4) is 11.1 Å². The van der Waals surface area contributed by atoms with E-state index in [2.05, 4.69) is 29.2 Å². The molecule has 1 saturated carbocycles. The van der Waals surface area contributed by atoms with Gasteiger partial charge in [0.15, 0.2) is 0 Å². The zero-order chi connectivity index (χ0) is 24.2. The molecule has 0 spiro atoms. The van der Waals surface area contributed by atoms with Crippen molar-refractivity contribution in [3.05, 3.63) is 89.4 Å². The highest BCUT2D eigenvalue weighted by atomic mass is 32.1. The Balaban J connectivity index is 1.46. The van der Waals surface area contributed by atoms with Crippen molar-refractivity contribution in [1.82, 2.24) is 4.98 Å². The van der Waals surface area contributed by atoms with E-state index in [4.69, 9.17) is 0 Å². The summed E-state index contributed by atoms with van der Waals surface area (Å²) in [5.41, 5.74) is 7.74. The third kappa shape index (κ3) is 4.97. The quantitative estimate of drug-likeness (QED) is 0.287. The van der Waals surface area contributed by atoms with E-state index in [9.17, 15) is 6.17 Å². The van der Waals surface area contributed by atoms with Crippen LogP contribution in [0, 0.1) is 5.92 Å². The first-order valence-corrected chi connectivity index (χ1v) is 12.9. The molecule has 0 radical (unpaired) electrons. The number of fused-ring (bicyclic) bond motifs is 1. The van der Waals surface area contributed by atoms with E-state index in [0.29, 0.717) is 0 Å². The van der Waals surface area contributed by atoms with Gasteiger partial charge in [0.1, 0.15) is 0 Å². The van der Waals surface area contributed by atoms with Crippen molar-refractivity contribution < 1.29 is 6.17 Å². The fourth-order valence-corrected chi connectivity index (χ4v) is 5.44. The predicted octanol–water partition coefficient (Wildman–Crippen LogP) is 8.11. The number of nitrogens with zero attached hydrogens (tertiary/aromatic N) is 2. The van der Waals surface area contributed by atoms with Crippen LogP contribution in [0.2, 0.25) is 0 Å². The van der Waals surface area contributed by atoms with Gasteiger partial charge in [-0.05, 0) is 66.3 Å². The lowest BCUT2D eigenvalue weighted by atomic mass is 9.88. The molecule has 4 heteroatoms. The zero-order valence-corrected chi connectivity index (χ0v) is 20.3. The summed E-state index contributed by atoms with van der Waals surface area (Å²) in [6.07, 6.45) is 9.22. The third-order valence-corrected chi connectivity index (χ3v) is 7.34. The molecule has 5 rings (SSSR count). The molecule has 4 aromatic rings. The highest BCUT2D eigenvalue weighted by Gasteiger charge is 2.27. The average Bonchev–Trinajstić information content (AvgIpc) is 3.38. The Kier molecular flexibility index (Phi) is 6.49. The standard InChI is InChI=1S/C30H30N2OS/c1-2-7-22-8-6-11-27(18-22)32(30(33)25-9-4-3-5-10-25)20-23-12-14-24(15-13-23)26-16-17-28-29(19-26)34-21-31-28/h2,6-8,11-19,21,25H,3-5,9-10,20H2,1H3/b7-2+/i20D. The summed E-state index contributed by atoms with van der Waals surface area (Å²) in [5.74, 6) is 0.0643. The molecule has 1 aliphatic carbocycles. The molecular weight excluding hydrogens is 436 g/mol. The summed E-state index contributed by atoms with van der Waals surface area (Å²) in [6, 6.07) is 22.3. The van der Waals surface area contributed by atoms with Crippen LogP contribution in [0.3, 0.4) is 0 Å². The number of benzene rings is 3. The minimum absolute atomic E-state index is 0.00706. The maximum absolute atomic E-state index is 13.8. The van der Waals surface area contributed by atoms with Crippen molar-refractivity contribution >= 4 is 39.2 Å². The highest BCUT2D eigenvalue weighted by molar-refractivity contribution is 7.16. The van der Waals surface area contributed by atoms with E-state index < -0.39 is 6.52 Å². The van der Waals surface area contributed by atoms with E-state index in [1.54, 1.807) is 16.2 Å². The third-order valence-electron chi connectivity index (χ3n) is 6.55. The molecule has 172 valence electrons. The summed E-state index contributed by atoms with van der Waals surface area (Å²) in [5, 5.41) is 0. The van der Waals surface area contributed by atoms with Crippen LogP contribution in [0.25, 0.3) is 27.4 Å². The number of amides is 1. The Labute approximate surface area is 207 Å². The van der Waals surface area contributed by atoms with Gasteiger partial charge in [-0.1, -0.05) is 73.9 Å². The first-order valence-electron chi connectivity index (χ1n) is 12.6. The van der Waals surface area contributed by atoms with E-state index >= 15 is 0 Å². The van der Waals surface area contributed by atoms with E-state index in [1.807, 2.05) is 67.1 Å². The van der Waals surface area contributed by atoms with Gasteiger partial charge >= 0.3 is 0 Å². The number of thiazole rings is 1. The van der Waals surface area contributed by atoms with Gasteiger partial charge in [0, 0.05) is 11.6 Å². The van der Waals surface area contributed by atoms with Crippen molar-refractivity contribution in [2.24, 2.45) is 5.92 Å². The maximum Gasteiger partial charge on any atom is 0.230 e. The number of rotatable bonds is 6. The van der Waals surface area contributed by atoms with Crippen LogP contribution < -0.4 is 4.90 Å². The van der Waals surface area contributed by atoms with E-state index in [1.165, 1.54) is 6.42 Å². The summed E-state index contributed by atoms with van der Waals surface area (Å²) in [7, 11) is 0. The van der Waals surface area contributed by atoms with Crippen molar-refractivity contribution in [2.75, 3.05) is 4.90 Å². The lowest BCUT2D eigenvalue weighted by molar-refractivity contribution is -0.123. The molecule has 0 aliphatic heterocycles. The Morgan fingerprint density at radius 3 is 2.65 bits per heavy atom. The fourth-order valence-electron chi connectivity index (χ4n) is 4.73. The molecule has 3 aromatic carbocycles. The van der Waals surface area contributed by atoms with Gasteiger partial charge in [-0.2, -0.15) is 0 Å². The Bertz CT molecular complexity index is 1340. The topological polar surface area (TPSA) is 33.2 Å². The molecular formula is C30H30N2OS. The molecule has 0 saturated heterocycles. The number of hydrogen-bond acceptors (Lipinski definition) is 3. The number of carbonyl (C=O) groups is 1. The number of anilines is 1. The summed E-state index contributed by atoms with van der Waals surface area (Å²) >= 11 is 1.64. The van der Waals surface area contributed by atoms with Crippen LogP contribution in [0.5, 0.6) is 0 Å². The SMILES string of the molecule is [2H]C(c1ccc(-c2ccc3ncsc3c2)cc1)N(C(=O)C1CCCCC1)c1cccc(/C=C/C)c1. The van der Waals surface area contributed by atoms with Gasteiger partial charge in [0.05, 0.1) is 23.6 Å². The second-order valence-corrected chi connectivity index (χ2v) is 9.81. The monoisotopic (exact) mass is 467 g/mol. The summed E-state index contributed by atoms with van der Waals surface area (Å²) < 4.78 is 10.3. The van der Waals surface area contributed by atoms with Crippen LogP contribution >= 0.6 is 11.3 Å². The van der Waals surface area contributed by atoms with Gasteiger partial charge in [-0.3, -0.25) is 4.79 Å². The molecule has 1 unspecified atom stereocenters. The van der Waals surface area contributed by atoms with Crippen molar-refractivity contribution in [2.45, 2.75) is 45.5 Å². The van der Waals surface area contributed by atoms with Crippen LogP contribution in [-0.2, 0) is 11.3 Å². The van der Waals surface area contributed by atoms with Crippen molar-refractivity contribution in [3.63, 3.8) is 0 Å². The Morgan fingerprint density at radius 2 is 1.85 bits per heavy atom. The second kappa shape index (κ2) is 10.4. The smallest absolute Gasteiger partial charge is 0.230 e. The molecule has 1 heterocycles. The Hall–Kier alpha value is -3.24. The minimum atomic E-state index is -0.802. The van der Waals surface area contributed by atoms with E-state index in [0.717, 1.165) is 63.8 Å². The lowest BCUT2D eigenvalue weighted by Crippen LogP contribution is -2.36. The average molecular weight is 468 g/mol. The van der Waals surface area contributed by atoms with Crippen LogP contribution in [-0.4, -0.2) is 10.9 Å². The Morgan fingerprint density at radius 1 is 1.06 bits per heavy atom.